The lowest BCUT2D eigenvalue weighted by molar-refractivity contribution is -0.121. The number of anilines is 1. The maximum Gasteiger partial charge on any atom is 0.253 e. The Morgan fingerprint density at radius 1 is 1.25 bits per heavy atom. The first kappa shape index (κ1) is 20.3. The van der Waals surface area contributed by atoms with Crippen molar-refractivity contribution < 1.29 is 18.0 Å². The lowest BCUT2D eigenvalue weighted by Crippen LogP contribution is -2.43. The van der Waals surface area contributed by atoms with Gasteiger partial charge in [0.15, 0.2) is 9.84 Å². The Balaban J connectivity index is 1.69. The number of likely N-dealkylation sites (tertiary alicyclic amines) is 1. The Kier molecular flexibility index (Phi) is 6.00. The number of halogens is 1. The predicted octanol–water partition coefficient (Wildman–Crippen LogP) is 2.63. The molecule has 1 saturated heterocycles. The number of carbonyl (C=O) groups excluding carboxylic acids is 2. The zero-order valence-corrected chi connectivity index (χ0v) is 16.8. The minimum Gasteiger partial charge on any atom is -0.338 e. The molecule has 2 heterocycles. The number of sulfone groups is 1. The molecule has 28 heavy (non-hydrogen) atoms. The summed E-state index contributed by atoms with van der Waals surface area (Å²) in [5.74, 6) is -0.461. The van der Waals surface area contributed by atoms with Crippen molar-refractivity contribution in [2.24, 2.45) is 5.92 Å². The van der Waals surface area contributed by atoms with Gasteiger partial charge in [0.05, 0.1) is 15.8 Å². The van der Waals surface area contributed by atoms with Gasteiger partial charge < -0.3 is 10.2 Å². The van der Waals surface area contributed by atoms with E-state index >= 15 is 0 Å². The molecule has 1 aromatic carbocycles. The van der Waals surface area contributed by atoms with Crippen molar-refractivity contribution in [3.63, 3.8) is 0 Å². The molecule has 148 valence electrons. The first-order valence-electron chi connectivity index (χ1n) is 8.76. The van der Waals surface area contributed by atoms with Gasteiger partial charge in [-0.1, -0.05) is 17.7 Å². The summed E-state index contributed by atoms with van der Waals surface area (Å²) in [6.45, 7) is 0.784. The molecule has 1 aliphatic heterocycles. The van der Waals surface area contributed by atoms with Gasteiger partial charge in [0.25, 0.3) is 5.91 Å². The van der Waals surface area contributed by atoms with E-state index in [4.69, 9.17) is 11.6 Å². The molecule has 1 atom stereocenters. The minimum atomic E-state index is -3.40. The highest BCUT2D eigenvalue weighted by Gasteiger charge is 2.29. The number of aromatic nitrogens is 1. The molecule has 9 heteroatoms. The van der Waals surface area contributed by atoms with Crippen LogP contribution in [-0.4, -0.2) is 49.5 Å². The summed E-state index contributed by atoms with van der Waals surface area (Å²) < 4.78 is 23.5. The van der Waals surface area contributed by atoms with Gasteiger partial charge in [0.2, 0.25) is 5.91 Å². The number of nitrogens with one attached hydrogen (secondary N) is 1. The largest absolute Gasteiger partial charge is 0.338 e. The first-order valence-corrected chi connectivity index (χ1v) is 11.0. The number of pyridine rings is 1. The molecule has 2 amide bonds. The Morgan fingerprint density at radius 3 is 2.71 bits per heavy atom. The summed E-state index contributed by atoms with van der Waals surface area (Å²) in [4.78, 5) is 31.1. The minimum absolute atomic E-state index is 0.0958. The monoisotopic (exact) mass is 421 g/mol. The van der Waals surface area contributed by atoms with Gasteiger partial charge in [0.1, 0.15) is 5.82 Å². The van der Waals surface area contributed by atoms with Crippen molar-refractivity contribution in [2.45, 2.75) is 17.7 Å². The van der Waals surface area contributed by atoms with Crippen LogP contribution in [0.3, 0.4) is 0 Å². The molecule has 0 aliphatic carbocycles. The molecule has 0 bridgehead atoms. The van der Waals surface area contributed by atoms with E-state index in [2.05, 4.69) is 10.3 Å². The van der Waals surface area contributed by atoms with Gasteiger partial charge in [-0.3, -0.25) is 9.59 Å². The zero-order valence-electron chi connectivity index (χ0n) is 15.3. The summed E-state index contributed by atoms with van der Waals surface area (Å²) in [7, 11) is -3.40. The molecule has 0 spiro atoms. The highest BCUT2D eigenvalue weighted by molar-refractivity contribution is 7.90. The molecule has 1 aliphatic rings. The lowest BCUT2D eigenvalue weighted by atomic mass is 9.96. The molecule has 3 rings (SSSR count). The van der Waals surface area contributed by atoms with Gasteiger partial charge in [-0.2, -0.15) is 0 Å². The number of amides is 2. The van der Waals surface area contributed by atoms with E-state index < -0.39 is 9.84 Å². The summed E-state index contributed by atoms with van der Waals surface area (Å²) in [5.41, 5.74) is 0.295. The van der Waals surface area contributed by atoms with E-state index in [1.807, 2.05) is 0 Å². The highest BCUT2D eigenvalue weighted by atomic mass is 35.5. The second kappa shape index (κ2) is 8.28. The lowest BCUT2D eigenvalue weighted by Gasteiger charge is -2.32. The van der Waals surface area contributed by atoms with Gasteiger partial charge >= 0.3 is 0 Å². The van der Waals surface area contributed by atoms with Crippen molar-refractivity contribution >= 4 is 39.1 Å². The van der Waals surface area contributed by atoms with Crippen LogP contribution in [0.4, 0.5) is 5.82 Å². The second-order valence-corrected chi connectivity index (χ2v) is 9.19. The Bertz CT molecular complexity index is 992. The van der Waals surface area contributed by atoms with E-state index in [1.54, 1.807) is 29.2 Å². The van der Waals surface area contributed by atoms with E-state index in [9.17, 15) is 18.0 Å². The van der Waals surface area contributed by atoms with Crippen molar-refractivity contribution in [1.82, 2.24) is 9.88 Å². The second-order valence-electron chi connectivity index (χ2n) is 6.74. The average Bonchev–Trinajstić information content (AvgIpc) is 2.68. The smallest absolute Gasteiger partial charge is 0.253 e. The Hall–Kier alpha value is -2.45. The SMILES string of the molecule is CS(=O)(=O)c1cccc(C(=O)N2CCCC(C(=O)Nc3ccc(Cl)cn3)C2)c1. The highest BCUT2D eigenvalue weighted by Crippen LogP contribution is 2.21. The van der Waals surface area contributed by atoms with Crippen LogP contribution < -0.4 is 5.32 Å². The fraction of sp³-hybridized carbons (Fsp3) is 0.316. The first-order chi connectivity index (χ1) is 13.2. The maximum absolute atomic E-state index is 12.8. The van der Waals surface area contributed by atoms with Crippen molar-refractivity contribution in [3.8, 4) is 0 Å². The van der Waals surface area contributed by atoms with Gasteiger partial charge in [-0.25, -0.2) is 13.4 Å². The van der Waals surface area contributed by atoms with Crippen LogP contribution in [-0.2, 0) is 14.6 Å². The van der Waals surface area contributed by atoms with E-state index in [-0.39, 0.29) is 29.2 Å². The van der Waals surface area contributed by atoms with E-state index in [0.717, 1.165) is 6.26 Å². The third-order valence-electron chi connectivity index (χ3n) is 4.57. The average molecular weight is 422 g/mol. The van der Waals surface area contributed by atoms with Crippen LogP contribution in [0.25, 0.3) is 0 Å². The number of carbonyl (C=O) groups is 2. The van der Waals surface area contributed by atoms with Crippen LogP contribution >= 0.6 is 11.6 Å². The summed E-state index contributed by atoms with van der Waals surface area (Å²) in [6, 6.07) is 9.21. The number of hydrogen-bond donors (Lipinski definition) is 1. The molecule has 1 aromatic heterocycles. The standard InChI is InChI=1S/C19H20ClN3O4S/c1-28(26,27)16-6-2-4-13(10-16)19(25)23-9-3-5-14(12-23)18(24)22-17-8-7-15(20)11-21-17/h2,4,6-8,10-11,14H,3,5,9,12H2,1H3,(H,21,22,24). The fourth-order valence-corrected chi connectivity index (χ4v) is 3.87. The molecular weight excluding hydrogens is 402 g/mol. The van der Waals surface area contributed by atoms with Gasteiger partial charge in [-0.15, -0.1) is 0 Å². The van der Waals surface area contributed by atoms with Crippen LogP contribution in [0.1, 0.15) is 23.2 Å². The predicted molar refractivity (Wildman–Crippen MR) is 106 cm³/mol. The number of nitrogens with zero attached hydrogens (tertiary/aromatic N) is 2. The van der Waals surface area contributed by atoms with Crippen LogP contribution in [0.5, 0.6) is 0 Å². The number of hydrogen-bond acceptors (Lipinski definition) is 5. The summed E-state index contributed by atoms with van der Waals surface area (Å²) in [6.07, 6.45) is 3.89. The maximum atomic E-state index is 12.8. The summed E-state index contributed by atoms with van der Waals surface area (Å²) in [5, 5.41) is 3.22. The number of piperidine rings is 1. The summed E-state index contributed by atoms with van der Waals surface area (Å²) >= 11 is 5.79. The molecule has 1 N–H and O–H groups in total. The molecule has 1 fully saturated rings. The molecule has 0 saturated carbocycles. The Morgan fingerprint density at radius 2 is 2.04 bits per heavy atom. The molecule has 2 aromatic rings. The normalized spacial score (nSPS) is 17.2. The van der Waals surface area contributed by atoms with Crippen molar-refractivity contribution in [2.75, 3.05) is 24.7 Å². The molecule has 7 nitrogen and oxygen atoms in total. The van der Waals surface area contributed by atoms with Crippen LogP contribution in [0, 0.1) is 5.92 Å². The van der Waals surface area contributed by atoms with Gasteiger partial charge in [-0.05, 0) is 43.2 Å². The van der Waals surface area contributed by atoms with E-state index in [1.165, 1.54) is 18.3 Å². The Labute approximate surface area is 168 Å². The molecular formula is C19H20ClN3O4S. The zero-order chi connectivity index (χ0) is 20.3. The third-order valence-corrected chi connectivity index (χ3v) is 5.90. The molecule has 1 unspecified atom stereocenters. The van der Waals surface area contributed by atoms with Crippen LogP contribution in [0.15, 0.2) is 47.5 Å². The van der Waals surface area contributed by atoms with Crippen molar-refractivity contribution in [3.05, 3.63) is 53.2 Å². The number of rotatable bonds is 4. The fourth-order valence-electron chi connectivity index (χ4n) is 3.10. The number of benzene rings is 1. The quantitative estimate of drug-likeness (QED) is 0.818. The molecule has 0 radical (unpaired) electrons. The topological polar surface area (TPSA) is 96.4 Å². The van der Waals surface area contributed by atoms with Crippen molar-refractivity contribution in [1.29, 1.82) is 0 Å². The van der Waals surface area contributed by atoms with Gasteiger partial charge in [0, 0.05) is 31.1 Å². The third kappa shape index (κ3) is 4.88. The van der Waals surface area contributed by atoms with Crippen LogP contribution in [0.2, 0.25) is 5.02 Å². The van der Waals surface area contributed by atoms with E-state index in [0.29, 0.717) is 35.8 Å².